The number of guanidine groups is 1. The highest BCUT2D eigenvalue weighted by Crippen LogP contribution is 1.98. The van der Waals surface area contributed by atoms with E-state index >= 15 is 0 Å². The van der Waals surface area contributed by atoms with Crippen molar-refractivity contribution in [1.29, 1.82) is 0 Å². The summed E-state index contributed by atoms with van der Waals surface area (Å²) in [7, 11) is 0. The Labute approximate surface area is 120 Å². The molecule has 108 valence electrons. The number of hydrogen-bond acceptors (Lipinski definition) is 3. The predicted octanol–water partition coefficient (Wildman–Crippen LogP) is 1.58. The Bertz CT molecular complexity index is 337. The fourth-order valence-corrected chi connectivity index (χ4v) is 2.11. The summed E-state index contributed by atoms with van der Waals surface area (Å²) < 4.78 is 1.91. The van der Waals surface area contributed by atoms with Crippen molar-refractivity contribution in [2.75, 3.05) is 31.6 Å². The fraction of sp³-hybridized carbons (Fsp3) is 0.692. The molecular weight excluding hydrogens is 258 g/mol. The molecule has 0 aromatic carbocycles. The lowest BCUT2D eigenvalue weighted by Gasteiger charge is -2.11. The zero-order valence-corrected chi connectivity index (χ0v) is 12.7. The molecule has 0 aliphatic rings. The lowest BCUT2D eigenvalue weighted by atomic mass is 10.3. The van der Waals surface area contributed by atoms with Gasteiger partial charge in [-0.25, -0.2) is 0 Å². The summed E-state index contributed by atoms with van der Waals surface area (Å²) in [5.74, 6) is 2.12. The van der Waals surface area contributed by atoms with Gasteiger partial charge in [0.1, 0.15) is 0 Å². The van der Waals surface area contributed by atoms with Crippen LogP contribution in [0.3, 0.4) is 0 Å². The van der Waals surface area contributed by atoms with Crippen LogP contribution in [0.25, 0.3) is 0 Å². The first kappa shape index (κ1) is 15.9. The molecule has 1 heterocycles. The number of rotatable bonds is 9. The van der Waals surface area contributed by atoms with E-state index < -0.39 is 0 Å². The standard InChI is InChI=1S/C13H25N5S/c1-3-14-13(15-7-4-5-12-19-2)16-9-11-18-10-6-8-17-18/h6,8,10H,3-5,7,9,11-12H2,1-2H3,(H2,14,15,16). The Balaban J connectivity index is 2.20. The van der Waals surface area contributed by atoms with Gasteiger partial charge in [-0.05, 0) is 37.8 Å². The molecule has 0 unspecified atom stereocenters. The van der Waals surface area contributed by atoms with Crippen molar-refractivity contribution in [2.45, 2.75) is 26.3 Å². The highest BCUT2D eigenvalue weighted by Gasteiger charge is 1.97. The molecule has 0 amide bonds. The van der Waals surface area contributed by atoms with Crippen LogP contribution in [0.5, 0.6) is 0 Å². The zero-order chi connectivity index (χ0) is 13.8. The summed E-state index contributed by atoms with van der Waals surface area (Å²) in [6.45, 7) is 5.54. The van der Waals surface area contributed by atoms with Gasteiger partial charge >= 0.3 is 0 Å². The number of thioether (sulfide) groups is 1. The molecule has 0 radical (unpaired) electrons. The minimum Gasteiger partial charge on any atom is -0.357 e. The molecule has 1 aromatic heterocycles. The van der Waals surface area contributed by atoms with Crippen LogP contribution in [0.2, 0.25) is 0 Å². The third kappa shape index (κ3) is 7.77. The molecule has 0 bridgehead atoms. The molecule has 1 rings (SSSR count). The second kappa shape index (κ2) is 10.7. The van der Waals surface area contributed by atoms with Crippen molar-refractivity contribution >= 4 is 17.7 Å². The molecule has 0 fully saturated rings. The largest absolute Gasteiger partial charge is 0.357 e. The van der Waals surface area contributed by atoms with E-state index in [4.69, 9.17) is 0 Å². The SMILES string of the molecule is CCNC(=NCCCCSC)NCCn1cccn1. The van der Waals surface area contributed by atoms with Gasteiger partial charge in [0.15, 0.2) is 5.96 Å². The van der Waals surface area contributed by atoms with E-state index in [1.165, 1.54) is 12.2 Å². The first-order chi connectivity index (χ1) is 9.36. The second-order valence-corrected chi connectivity index (χ2v) is 5.14. The van der Waals surface area contributed by atoms with Crippen molar-refractivity contribution in [2.24, 2.45) is 4.99 Å². The maximum Gasteiger partial charge on any atom is 0.191 e. The smallest absolute Gasteiger partial charge is 0.191 e. The summed E-state index contributed by atoms with van der Waals surface area (Å²) in [4.78, 5) is 4.56. The first-order valence-electron chi connectivity index (χ1n) is 6.85. The van der Waals surface area contributed by atoms with Crippen LogP contribution in [0.15, 0.2) is 23.5 Å². The van der Waals surface area contributed by atoms with Gasteiger partial charge in [0, 0.05) is 32.0 Å². The summed E-state index contributed by atoms with van der Waals surface area (Å²) in [5, 5.41) is 10.7. The van der Waals surface area contributed by atoms with E-state index in [9.17, 15) is 0 Å². The average Bonchev–Trinajstić information content (AvgIpc) is 2.91. The van der Waals surface area contributed by atoms with E-state index in [0.717, 1.165) is 38.6 Å². The summed E-state index contributed by atoms with van der Waals surface area (Å²) in [5.41, 5.74) is 0. The Morgan fingerprint density at radius 3 is 2.95 bits per heavy atom. The Morgan fingerprint density at radius 1 is 1.37 bits per heavy atom. The molecule has 19 heavy (non-hydrogen) atoms. The van der Waals surface area contributed by atoms with Crippen molar-refractivity contribution in [3.05, 3.63) is 18.5 Å². The first-order valence-corrected chi connectivity index (χ1v) is 8.24. The van der Waals surface area contributed by atoms with Crippen molar-refractivity contribution < 1.29 is 0 Å². The number of unbranched alkanes of at least 4 members (excludes halogenated alkanes) is 1. The Morgan fingerprint density at radius 2 is 2.26 bits per heavy atom. The minimum atomic E-state index is 0.832. The Kier molecular flexibility index (Phi) is 8.97. The van der Waals surface area contributed by atoms with Crippen LogP contribution >= 0.6 is 11.8 Å². The van der Waals surface area contributed by atoms with Gasteiger partial charge in [0.05, 0.1) is 6.54 Å². The molecule has 0 saturated carbocycles. The Hall–Kier alpha value is -1.17. The number of aromatic nitrogens is 2. The van der Waals surface area contributed by atoms with Crippen LogP contribution in [0.4, 0.5) is 0 Å². The van der Waals surface area contributed by atoms with Gasteiger partial charge < -0.3 is 10.6 Å². The van der Waals surface area contributed by atoms with Crippen molar-refractivity contribution in [3.8, 4) is 0 Å². The topological polar surface area (TPSA) is 54.2 Å². The van der Waals surface area contributed by atoms with E-state index in [0.29, 0.717) is 0 Å². The third-order valence-corrected chi connectivity index (χ3v) is 3.26. The van der Waals surface area contributed by atoms with Crippen LogP contribution in [0, 0.1) is 0 Å². The summed E-state index contributed by atoms with van der Waals surface area (Å²) in [6.07, 6.45) is 8.29. The summed E-state index contributed by atoms with van der Waals surface area (Å²) >= 11 is 1.89. The lowest BCUT2D eigenvalue weighted by Crippen LogP contribution is -2.39. The molecule has 0 aliphatic heterocycles. The molecule has 0 spiro atoms. The van der Waals surface area contributed by atoms with E-state index in [1.807, 2.05) is 28.7 Å². The predicted molar refractivity (Wildman–Crippen MR) is 83.8 cm³/mol. The summed E-state index contributed by atoms with van der Waals surface area (Å²) in [6, 6.07) is 1.94. The lowest BCUT2D eigenvalue weighted by molar-refractivity contribution is 0.597. The van der Waals surface area contributed by atoms with Crippen molar-refractivity contribution in [3.63, 3.8) is 0 Å². The molecule has 0 aliphatic carbocycles. The maximum absolute atomic E-state index is 4.56. The molecule has 0 saturated heterocycles. The van der Waals surface area contributed by atoms with Crippen LogP contribution in [-0.4, -0.2) is 47.4 Å². The van der Waals surface area contributed by atoms with Gasteiger partial charge in [-0.1, -0.05) is 0 Å². The number of aliphatic imine (C=N–C) groups is 1. The fourth-order valence-electron chi connectivity index (χ4n) is 1.61. The zero-order valence-electron chi connectivity index (χ0n) is 11.9. The van der Waals surface area contributed by atoms with Crippen LogP contribution in [-0.2, 0) is 6.54 Å². The molecule has 2 N–H and O–H groups in total. The normalized spacial score (nSPS) is 11.6. The molecule has 1 aromatic rings. The van der Waals surface area contributed by atoms with Gasteiger partial charge in [-0.3, -0.25) is 9.67 Å². The highest BCUT2D eigenvalue weighted by molar-refractivity contribution is 7.98. The van der Waals surface area contributed by atoms with E-state index in [1.54, 1.807) is 6.20 Å². The number of hydrogen-bond donors (Lipinski definition) is 2. The average molecular weight is 283 g/mol. The third-order valence-electron chi connectivity index (χ3n) is 2.56. The van der Waals surface area contributed by atoms with Crippen LogP contribution in [0.1, 0.15) is 19.8 Å². The number of nitrogens with one attached hydrogen (secondary N) is 2. The minimum absolute atomic E-state index is 0.832. The van der Waals surface area contributed by atoms with Crippen molar-refractivity contribution in [1.82, 2.24) is 20.4 Å². The molecule has 6 heteroatoms. The van der Waals surface area contributed by atoms with Gasteiger partial charge in [0.2, 0.25) is 0 Å². The monoisotopic (exact) mass is 283 g/mol. The molecule has 5 nitrogen and oxygen atoms in total. The quantitative estimate of drug-likeness (QED) is 0.410. The van der Waals surface area contributed by atoms with Gasteiger partial charge in [0.25, 0.3) is 0 Å². The van der Waals surface area contributed by atoms with E-state index in [2.05, 4.69) is 33.9 Å². The molecular formula is C13H25N5S. The van der Waals surface area contributed by atoms with E-state index in [-0.39, 0.29) is 0 Å². The van der Waals surface area contributed by atoms with Crippen LogP contribution < -0.4 is 10.6 Å². The molecule has 0 atom stereocenters. The maximum atomic E-state index is 4.56. The van der Waals surface area contributed by atoms with Gasteiger partial charge in [-0.15, -0.1) is 0 Å². The van der Waals surface area contributed by atoms with Gasteiger partial charge in [-0.2, -0.15) is 16.9 Å². The number of nitrogens with zero attached hydrogens (tertiary/aromatic N) is 3. The highest BCUT2D eigenvalue weighted by atomic mass is 32.2. The second-order valence-electron chi connectivity index (χ2n) is 4.16.